The average Bonchev–Trinajstić information content (AvgIpc) is 2.61. The molecule has 21 heavy (non-hydrogen) atoms. The molecule has 1 amide bonds. The summed E-state index contributed by atoms with van der Waals surface area (Å²) in [5.74, 6) is -0.206. The number of carbonyl (C=O) groups excluding carboxylic acids is 1. The highest BCUT2D eigenvalue weighted by atomic mass is 35.5. The molecule has 0 radical (unpaired) electrons. The lowest BCUT2D eigenvalue weighted by Crippen LogP contribution is -2.54. The van der Waals surface area contributed by atoms with Gasteiger partial charge in [0.25, 0.3) is 5.91 Å². The summed E-state index contributed by atoms with van der Waals surface area (Å²) in [5.41, 5.74) is 4.66. The number of amides is 1. The van der Waals surface area contributed by atoms with Gasteiger partial charge < -0.3 is 10.6 Å². The van der Waals surface area contributed by atoms with Gasteiger partial charge in [-0.1, -0.05) is 11.6 Å². The first-order valence-electron chi connectivity index (χ1n) is 6.51. The van der Waals surface area contributed by atoms with E-state index in [0.29, 0.717) is 19.3 Å². The summed E-state index contributed by atoms with van der Waals surface area (Å²) in [6.07, 6.45) is -2.08. The molecule has 0 bridgehead atoms. The van der Waals surface area contributed by atoms with Crippen molar-refractivity contribution >= 4 is 17.5 Å². The Morgan fingerprint density at radius 3 is 2.67 bits per heavy atom. The Morgan fingerprint density at radius 2 is 2.24 bits per heavy atom. The van der Waals surface area contributed by atoms with Gasteiger partial charge in [0.2, 0.25) is 0 Å². The van der Waals surface area contributed by atoms with Crippen LogP contribution in [-0.4, -0.2) is 34.4 Å². The van der Waals surface area contributed by atoms with Crippen LogP contribution >= 0.6 is 11.6 Å². The number of carbonyl (C=O) groups is 1. The molecular formula is C13H13ClF3N3O. The highest BCUT2D eigenvalue weighted by Crippen LogP contribution is 2.43. The maximum absolute atomic E-state index is 12.6. The Labute approximate surface area is 124 Å². The minimum atomic E-state index is -4.54. The van der Waals surface area contributed by atoms with Crippen LogP contribution in [0, 0.1) is 5.92 Å². The fourth-order valence-electron chi connectivity index (χ4n) is 2.94. The Bertz CT molecular complexity index is 607. The maximum Gasteiger partial charge on any atom is 0.417 e. The van der Waals surface area contributed by atoms with Crippen molar-refractivity contribution in [1.82, 2.24) is 9.88 Å². The highest BCUT2D eigenvalue weighted by molar-refractivity contribution is 6.33. The van der Waals surface area contributed by atoms with Gasteiger partial charge in [0.15, 0.2) is 0 Å². The van der Waals surface area contributed by atoms with Crippen LogP contribution < -0.4 is 5.73 Å². The monoisotopic (exact) mass is 319 g/mol. The zero-order chi connectivity index (χ0) is 15.4. The van der Waals surface area contributed by atoms with E-state index in [1.54, 1.807) is 0 Å². The molecule has 2 fully saturated rings. The van der Waals surface area contributed by atoms with Gasteiger partial charge >= 0.3 is 6.18 Å². The molecule has 3 rings (SSSR count). The third-order valence-electron chi connectivity index (χ3n) is 4.36. The Hall–Kier alpha value is -1.34. The van der Waals surface area contributed by atoms with Crippen LogP contribution in [0.2, 0.25) is 5.02 Å². The molecule has 2 aliphatic rings. The first kappa shape index (κ1) is 14.6. The van der Waals surface area contributed by atoms with Gasteiger partial charge in [0, 0.05) is 24.8 Å². The van der Waals surface area contributed by atoms with Gasteiger partial charge in [-0.3, -0.25) is 4.79 Å². The number of fused-ring (bicyclic) bond motifs is 1. The Morgan fingerprint density at radius 1 is 1.52 bits per heavy atom. The van der Waals surface area contributed by atoms with Crippen LogP contribution in [0.4, 0.5) is 13.2 Å². The number of likely N-dealkylation sites (tertiary alicyclic amines) is 1. The summed E-state index contributed by atoms with van der Waals surface area (Å²) in [6, 6.07) is 0.727. The second-order valence-electron chi connectivity index (χ2n) is 5.71. The molecule has 2 atom stereocenters. The lowest BCUT2D eigenvalue weighted by atomic mass is 9.70. The van der Waals surface area contributed by atoms with Crippen molar-refractivity contribution in [3.63, 3.8) is 0 Å². The SMILES string of the molecule is N[C@]12CC[C@H]1CN(C(=O)c1ncc(C(F)(F)F)cc1Cl)C2. The van der Waals surface area contributed by atoms with Crippen LogP contribution in [0.3, 0.4) is 0 Å². The van der Waals surface area contributed by atoms with E-state index >= 15 is 0 Å². The third kappa shape index (κ3) is 2.38. The fourth-order valence-corrected chi connectivity index (χ4v) is 3.19. The van der Waals surface area contributed by atoms with Gasteiger partial charge in [0.05, 0.1) is 10.6 Å². The van der Waals surface area contributed by atoms with E-state index in [4.69, 9.17) is 17.3 Å². The van der Waals surface area contributed by atoms with E-state index in [1.165, 1.54) is 4.90 Å². The topological polar surface area (TPSA) is 59.2 Å². The number of pyridine rings is 1. The van der Waals surface area contributed by atoms with Crippen LogP contribution in [0.15, 0.2) is 12.3 Å². The Balaban J connectivity index is 1.83. The molecule has 1 saturated heterocycles. The molecule has 8 heteroatoms. The standard InChI is InChI=1S/C13H13ClF3N3O/c14-9-3-8(13(15,16)17)4-19-10(9)11(21)20-5-7-1-2-12(7,18)6-20/h3-4,7H,1-2,5-6,18H2/t7-,12-/m0/s1. The summed E-state index contributed by atoms with van der Waals surface area (Å²) in [6.45, 7) is 0.907. The van der Waals surface area contributed by atoms with E-state index in [0.717, 1.165) is 18.9 Å². The lowest BCUT2D eigenvalue weighted by Gasteiger charge is -2.39. The van der Waals surface area contributed by atoms with Gasteiger partial charge in [-0.15, -0.1) is 0 Å². The molecule has 2 heterocycles. The number of rotatable bonds is 1. The number of aromatic nitrogens is 1. The molecule has 1 saturated carbocycles. The predicted octanol–water partition coefficient (Wildman–Crippen LogP) is 2.32. The average molecular weight is 320 g/mol. The molecule has 1 aliphatic carbocycles. The number of alkyl halides is 3. The highest BCUT2D eigenvalue weighted by Gasteiger charge is 2.51. The Kier molecular flexibility index (Phi) is 3.18. The lowest BCUT2D eigenvalue weighted by molar-refractivity contribution is -0.137. The summed E-state index contributed by atoms with van der Waals surface area (Å²) in [4.78, 5) is 17.5. The first-order valence-corrected chi connectivity index (χ1v) is 6.89. The normalized spacial score (nSPS) is 28.2. The van der Waals surface area contributed by atoms with E-state index < -0.39 is 17.6 Å². The summed E-state index contributed by atoms with van der Waals surface area (Å²) in [7, 11) is 0. The number of hydrogen-bond donors (Lipinski definition) is 1. The first-order chi connectivity index (χ1) is 9.71. The number of halogens is 4. The third-order valence-corrected chi connectivity index (χ3v) is 4.64. The molecule has 0 aromatic carbocycles. The van der Waals surface area contributed by atoms with Gasteiger partial charge in [-0.25, -0.2) is 4.98 Å². The summed E-state index contributed by atoms with van der Waals surface area (Å²) < 4.78 is 37.7. The van der Waals surface area contributed by atoms with Crippen molar-refractivity contribution in [2.24, 2.45) is 11.7 Å². The van der Waals surface area contributed by atoms with Crippen LogP contribution in [0.25, 0.3) is 0 Å². The molecule has 2 N–H and O–H groups in total. The van der Waals surface area contributed by atoms with Gasteiger partial charge in [0.1, 0.15) is 5.69 Å². The molecule has 1 aliphatic heterocycles. The van der Waals surface area contributed by atoms with E-state index in [2.05, 4.69) is 4.98 Å². The zero-order valence-corrected chi connectivity index (χ0v) is 11.7. The molecule has 0 spiro atoms. The van der Waals surface area contributed by atoms with E-state index in [9.17, 15) is 18.0 Å². The largest absolute Gasteiger partial charge is 0.417 e. The van der Waals surface area contributed by atoms with Crippen molar-refractivity contribution in [2.75, 3.05) is 13.1 Å². The van der Waals surface area contributed by atoms with Crippen LogP contribution in [0.5, 0.6) is 0 Å². The number of nitrogens with zero attached hydrogens (tertiary/aromatic N) is 2. The van der Waals surface area contributed by atoms with Gasteiger partial charge in [-0.05, 0) is 24.8 Å². The van der Waals surface area contributed by atoms with E-state index in [-0.39, 0.29) is 22.2 Å². The smallest absolute Gasteiger partial charge is 0.335 e. The second-order valence-corrected chi connectivity index (χ2v) is 6.11. The molecule has 0 unspecified atom stereocenters. The van der Waals surface area contributed by atoms with Crippen molar-refractivity contribution in [3.05, 3.63) is 28.5 Å². The minimum absolute atomic E-state index is 0.158. The molecule has 114 valence electrons. The number of nitrogens with two attached hydrogens (primary N) is 1. The fraction of sp³-hybridized carbons (Fsp3) is 0.538. The molecule has 1 aromatic heterocycles. The van der Waals surface area contributed by atoms with Crippen LogP contribution in [0.1, 0.15) is 28.9 Å². The zero-order valence-electron chi connectivity index (χ0n) is 11.0. The number of hydrogen-bond acceptors (Lipinski definition) is 3. The molecule has 1 aromatic rings. The predicted molar refractivity (Wildman–Crippen MR) is 69.8 cm³/mol. The summed E-state index contributed by atoms with van der Waals surface area (Å²) in [5, 5.41) is -0.292. The second kappa shape index (κ2) is 4.58. The summed E-state index contributed by atoms with van der Waals surface area (Å²) >= 11 is 5.79. The maximum atomic E-state index is 12.6. The van der Waals surface area contributed by atoms with Crippen molar-refractivity contribution in [2.45, 2.75) is 24.6 Å². The quantitative estimate of drug-likeness (QED) is 0.864. The van der Waals surface area contributed by atoms with Gasteiger partial charge in [-0.2, -0.15) is 13.2 Å². The van der Waals surface area contributed by atoms with Crippen molar-refractivity contribution < 1.29 is 18.0 Å². The van der Waals surface area contributed by atoms with Crippen LogP contribution in [-0.2, 0) is 6.18 Å². The van der Waals surface area contributed by atoms with Crippen molar-refractivity contribution in [1.29, 1.82) is 0 Å². The molecule has 4 nitrogen and oxygen atoms in total. The van der Waals surface area contributed by atoms with E-state index in [1.807, 2.05) is 0 Å². The molecular weight excluding hydrogens is 307 g/mol. The minimum Gasteiger partial charge on any atom is -0.335 e. The van der Waals surface area contributed by atoms with Crippen molar-refractivity contribution in [3.8, 4) is 0 Å².